The lowest BCUT2D eigenvalue weighted by molar-refractivity contribution is -0.139. The third-order valence-corrected chi connectivity index (χ3v) is 3.87. The van der Waals surface area contributed by atoms with E-state index in [9.17, 15) is 9.90 Å². The Labute approximate surface area is 134 Å². The number of hydrogen-bond acceptors (Lipinski definition) is 2. The van der Waals surface area contributed by atoms with E-state index in [1.54, 1.807) is 0 Å². The third kappa shape index (κ3) is 3.26. The Balaban J connectivity index is 1.80. The van der Waals surface area contributed by atoms with Gasteiger partial charge in [0.25, 0.3) is 0 Å². The molecule has 2 aromatic carbocycles. The molecule has 4 nitrogen and oxygen atoms in total. The molecule has 0 fully saturated rings. The van der Waals surface area contributed by atoms with Crippen LogP contribution in [0.15, 0.2) is 67.4 Å². The van der Waals surface area contributed by atoms with E-state index in [2.05, 4.69) is 16.9 Å². The summed E-state index contributed by atoms with van der Waals surface area (Å²) in [5.74, 6) is -0.896. The summed E-state index contributed by atoms with van der Waals surface area (Å²) in [5, 5.41) is 13.6. The van der Waals surface area contributed by atoms with E-state index in [4.69, 9.17) is 0 Å². The van der Waals surface area contributed by atoms with Gasteiger partial charge in [0.2, 0.25) is 0 Å². The minimum atomic E-state index is -0.896. The molecule has 0 aliphatic heterocycles. The highest BCUT2D eigenvalue weighted by atomic mass is 16.4. The van der Waals surface area contributed by atoms with Gasteiger partial charge in [0.1, 0.15) is 6.04 Å². The van der Waals surface area contributed by atoms with Crippen LogP contribution < -0.4 is 5.32 Å². The van der Waals surface area contributed by atoms with Crippen molar-refractivity contribution in [1.29, 1.82) is 0 Å². The summed E-state index contributed by atoms with van der Waals surface area (Å²) in [4.78, 5) is 14.8. The topological polar surface area (TPSA) is 65.1 Å². The number of aliphatic carboxylic acids is 1. The van der Waals surface area contributed by atoms with Gasteiger partial charge in [-0.25, -0.2) is 4.79 Å². The van der Waals surface area contributed by atoms with E-state index in [1.807, 2.05) is 60.8 Å². The molecule has 116 valence electrons. The van der Waals surface area contributed by atoms with Gasteiger partial charge in [0, 0.05) is 29.2 Å². The average Bonchev–Trinajstić information content (AvgIpc) is 2.98. The summed E-state index contributed by atoms with van der Waals surface area (Å²) in [5.41, 5.74) is 3.48. The maximum atomic E-state index is 11.6. The summed E-state index contributed by atoms with van der Waals surface area (Å²) in [6, 6.07) is 16.7. The van der Waals surface area contributed by atoms with Crippen molar-refractivity contribution >= 4 is 22.6 Å². The summed E-state index contributed by atoms with van der Waals surface area (Å²) >= 11 is 0. The SMILES string of the molecule is C=C(NC(Cc1c[nH]c2ccccc12)C(=O)O)c1ccccc1. The summed E-state index contributed by atoms with van der Waals surface area (Å²) in [7, 11) is 0. The number of aromatic nitrogens is 1. The highest BCUT2D eigenvalue weighted by molar-refractivity contribution is 5.84. The zero-order valence-electron chi connectivity index (χ0n) is 12.6. The van der Waals surface area contributed by atoms with E-state index in [0.29, 0.717) is 12.1 Å². The van der Waals surface area contributed by atoms with Crippen LogP contribution >= 0.6 is 0 Å². The molecule has 1 aromatic heterocycles. The lowest BCUT2D eigenvalue weighted by atomic mass is 10.0. The molecule has 3 aromatic rings. The van der Waals surface area contributed by atoms with Crippen molar-refractivity contribution in [2.45, 2.75) is 12.5 Å². The van der Waals surface area contributed by atoms with Crippen LogP contribution in [-0.2, 0) is 11.2 Å². The van der Waals surface area contributed by atoms with Crippen molar-refractivity contribution in [1.82, 2.24) is 10.3 Å². The average molecular weight is 306 g/mol. The van der Waals surface area contributed by atoms with Gasteiger partial charge < -0.3 is 15.4 Å². The minimum absolute atomic E-state index is 0.380. The van der Waals surface area contributed by atoms with E-state index >= 15 is 0 Å². The maximum Gasteiger partial charge on any atom is 0.326 e. The van der Waals surface area contributed by atoms with Crippen molar-refractivity contribution < 1.29 is 9.90 Å². The summed E-state index contributed by atoms with van der Waals surface area (Å²) < 4.78 is 0. The van der Waals surface area contributed by atoms with Crippen LogP contribution in [0.4, 0.5) is 0 Å². The number of para-hydroxylation sites is 1. The Morgan fingerprint density at radius 3 is 2.57 bits per heavy atom. The van der Waals surface area contributed by atoms with Crippen LogP contribution in [0.5, 0.6) is 0 Å². The number of rotatable bonds is 6. The highest BCUT2D eigenvalue weighted by Crippen LogP contribution is 2.20. The quantitative estimate of drug-likeness (QED) is 0.654. The number of benzene rings is 2. The number of carbonyl (C=O) groups is 1. The first-order chi connectivity index (χ1) is 11.1. The van der Waals surface area contributed by atoms with Gasteiger partial charge in [0.05, 0.1) is 0 Å². The van der Waals surface area contributed by atoms with E-state index in [0.717, 1.165) is 22.0 Å². The number of fused-ring (bicyclic) bond motifs is 1. The van der Waals surface area contributed by atoms with Crippen molar-refractivity contribution in [3.63, 3.8) is 0 Å². The smallest absolute Gasteiger partial charge is 0.326 e. The number of aromatic amines is 1. The van der Waals surface area contributed by atoms with Crippen LogP contribution in [0, 0.1) is 0 Å². The van der Waals surface area contributed by atoms with Crippen LogP contribution in [0.2, 0.25) is 0 Å². The molecule has 0 amide bonds. The first kappa shape index (κ1) is 14.9. The zero-order valence-corrected chi connectivity index (χ0v) is 12.6. The second kappa shape index (κ2) is 6.40. The highest BCUT2D eigenvalue weighted by Gasteiger charge is 2.20. The Bertz CT molecular complexity index is 837. The Morgan fingerprint density at radius 2 is 1.83 bits per heavy atom. The Hall–Kier alpha value is -3.01. The van der Waals surface area contributed by atoms with Crippen molar-refractivity contribution in [2.75, 3.05) is 0 Å². The first-order valence-corrected chi connectivity index (χ1v) is 7.44. The van der Waals surface area contributed by atoms with Gasteiger partial charge in [-0.05, 0) is 17.2 Å². The largest absolute Gasteiger partial charge is 0.480 e. The van der Waals surface area contributed by atoms with Gasteiger partial charge in [-0.2, -0.15) is 0 Å². The molecule has 0 bridgehead atoms. The third-order valence-electron chi connectivity index (χ3n) is 3.87. The van der Waals surface area contributed by atoms with Crippen LogP contribution in [-0.4, -0.2) is 22.1 Å². The molecule has 0 aliphatic carbocycles. The number of carboxylic acids is 1. The predicted octanol–water partition coefficient (Wildman–Crippen LogP) is 3.42. The zero-order chi connectivity index (χ0) is 16.2. The fraction of sp³-hybridized carbons (Fsp3) is 0.105. The summed E-state index contributed by atoms with van der Waals surface area (Å²) in [6.07, 6.45) is 2.25. The number of carboxylic acid groups (broad SMARTS) is 1. The molecule has 3 N–H and O–H groups in total. The molecule has 1 atom stereocenters. The van der Waals surface area contributed by atoms with Crippen LogP contribution in [0.1, 0.15) is 11.1 Å². The van der Waals surface area contributed by atoms with Crippen LogP contribution in [0.3, 0.4) is 0 Å². The van der Waals surface area contributed by atoms with Crippen molar-refractivity contribution in [3.8, 4) is 0 Å². The van der Waals surface area contributed by atoms with Gasteiger partial charge in [-0.3, -0.25) is 0 Å². The maximum absolute atomic E-state index is 11.6. The predicted molar refractivity (Wildman–Crippen MR) is 92.0 cm³/mol. The van der Waals surface area contributed by atoms with Crippen molar-refractivity contribution in [3.05, 3.63) is 78.5 Å². The molecule has 0 saturated heterocycles. The Morgan fingerprint density at radius 1 is 1.13 bits per heavy atom. The fourth-order valence-corrected chi connectivity index (χ4v) is 2.65. The second-order valence-corrected chi connectivity index (χ2v) is 5.44. The number of H-pyrrole nitrogens is 1. The molecule has 3 rings (SSSR count). The first-order valence-electron chi connectivity index (χ1n) is 7.44. The molecule has 1 heterocycles. The van der Waals surface area contributed by atoms with Gasteiger partial charge >= 0.3 is 5.97 Å². The van der Waals surface area contributed by atoms with Gasteiger partial charge in [0.15, 0.2) is 0 Å². The molecule has 0 spiro atoms. The minimum Gasteiger partial charge on any atom is -0.480 e. The molecular weight excluding hydrogens is 288 g/mol. The summed E-state index contributed by atoms with van der Waals surface area (Å²) in [6.45, 7) is 3.96. The van der Waals surface area contributed by atoms with E-state index in [-0.39, 0.29) is 0 Å². The lowest BCUT2D eigenvalue weighted by Gasteiger charge is -2.17. The molecule has 4 heteroatoms. The number of nitrogens with one attached hydrogen (secondary N) is 2. The fourth-order valence-electron chi connectivity index (χ4n) is 2.65. The Kier molecular flexibility index (Phi) is 4.15. The van der Waals surface area contributed by atoms with E-state index in [1.165, 1.54) is 0 Å². The molecule has 0 saturated carbocycles. The molecule has 0 aliphatic rings. The van der Waals surface area contributed by atoms with Gasteiger partial charge in [-0.15, -0.1) is 0 Å². The van der Waals surface area contributed by atoms with Crippen LogP contribution in [0.25, 0.3) is 16.6 Å². The monoisotopic (exact) mass is 306 g/mol. The molecule has 0 radical (unpaired) electrons. The van der Waals surface area contributed by atoms with E-state index < -0.39 is 12.0 Å². The molecule has 1 unspecified atom stereocenters. The molecular formula is C19H18N2O2. The lowest BCUT2D eigenvalue weighted by Crippen LogP contribution is -2.37. The van der Waals surface area contributed by atoms with Crippen molar-refractivity contribution in [2.24, 2.45) is 0 Å². The second-order valence-electron chi connectivity index (χ2n) is 5.44. The standard InChI is InChI=1S/C19H18N2O2/c1-13(14-7-3-2-4-8-14)21-18(19(22)23)11-15-12-20-17-10-6-5-9-16(15)17/h2-10,12,18,20-21H,1,11H2,(H,22,23). The number of hydrogen-bond donors (Lipinski definition) is 3. The molecule has 23 heavy (non-hydrogen) atoms. The van der Waals surface area contributed by atoms with Gasteiger partial charge in [-0.1, -0.05) is 55.1 Å². The normalized spacial score (nSPS) is 12.0.